The van der Waals surface area contributed by atoms with Crippen LogP contribution in [0, 0.1) is 6.92 Å². The number of anilines is 3. The molecule has 0 aliphatic carbocycles. The molecule has 1 aromatic heterocycles. The van der Waals surface area contributed by atoms with Gasteiger partial charge < -0.3 is 10.2 Å². The second kappa shape index (κ2) is 7.13. The molecule has 0 amide bonds. The fourth-order valence-electron chi connectivity index (χ4n) is 3.00. The summed E-state index contributed by atoms with van der Waals surface area (Å²) in [4.78, 5) is 6.48. The Kier molecular flexibility index (Phi) is 5.10. The average Bonchev–Trinajstić information content (AvgIpc) is 2.91. The molecule has 1 unspecified atom stereocenters. The van der Waals surface area contributed by atoms with E-state index in [2.05, 4.69) is 20.5 Å². The van der Waals surface area contributed by atoms with Gasteiger partial charge in [0, 0.05) is 23.3 Å². The number of benzene rings is 1. The molecule has 2 heterocycles. The molecule has 1 atom stereocenters. The molecule has 0 bridgehead atoms. The van der Waals surface area contributed by atoms with Crippen molar-refractivity contribution >= 4 is 38.9 Å². The molecule has 7 nitrogen and oxygen atoms in total. The molecule has 3 rings (SSSR count). The first kappa shape index (κ1) is 17.9. The summed E-state index contributed by atoms with van der Waals surface area (Å²) in [5, 5.41) is 11.8. The summed E-state index contributed by atoms with van der Waals surface area (Å²) in [5.41, 5.74) is 1.81. The summed E-state index contributed by atoms with van der Waals surface area (Å²) in [6.07, 6.45) is 2.17. The second-order valence-corrected chi connectivity index (χ2v) is 8.73. The van der Waals surface area contributed by atoms with Gasteiger partial charge in [0.15, 0.2) is 15.7 Å². The van der Waals surface area contributed by atoms with E-state index in [1.54, 1.807) is 12.3 Å². The third-order valence-corrected chi connectivity index (χ3v) is 6.25. The van der Waals surface area contributed by atoms with E-state index in [9.17, 15) is 8.42 Å². The van der Waals surface area contributed by atoms with Gasteiger partial charge in [0.2, 0.25) is 5.95 Å². The summed E-state index contributed by atoms with van der Waals surface area (Å²) in [6, 6.07) is 5.42. The fraction of sp³-hybridized carbons (Fsp3) is 0.438. The summed E-state index contributed by atoms with van der Waals surface area (Å²) in [6.45, 7) is 4.56. The Bertz CT molecular complexity index is 875. The number of sulfone groups is 1. The highest BCUT2D eigenvalue weighted by Crippen LogP contribution is 2.25. The lowest BCUT2D eigenvalue weighted by molar-refractivity contribution is 0.599. The quantitative estimate of drug-likeness (QED) is 0.851. The Morgan fingerprint density at radius 1 is 1.40 bits per heavy atom. The van der Waals surface area contributed by atoms with Crippen LogP contribution in [0.25, 0.3) is 0 Å². The maximum absolute atomic E-state index is 11.8. The van der Waals surface area contributed by atoms with Crippen LogP contribution in [-0.4, -0.2) is 47.7 Å². The number of aryl methyl sites for hydroxylation is 1. The van der Waals surface area contributed by atoms with E-state index in [1.165, 1.54) is 0 Å². The zero-order chi connectivity index (χ0) is 18.0. The van der Waals surface area contributed by atoms with Crippen molar-refractivity contribution < 1.29 is 8.42 Å². The van der Waals surface area contributed by atoms with E-state index >= 15 is 0 Å². The Balaban J connectivity index is 1.82. The molecule has 1 fully saturated rings. The van der Waals surface area contributed by atoms with Crippen LogP contribution in [0.2, 0.25) is 5.02 Å². The molecule has 134 valence electrons. The summed E-state index contributed by atoms with van der Waals surface area (Å²) in [7, 11) is -2.96. The Morgan fingerprint density at radius 2 is 2.20 bits per heavy atom. The zero-order valence-electron chi connectivity index (χ0n) is 14.1. The van der Waals surface area contributed by atoms with Gasteiger partial charge >= 0.3 is 0 Å². The van der Waals surface area contributed by atoms with Crippen LogP contribution in [0.3, 0.4) is 0 Å². The molecular formula is C16H20ClN5O2S. The first-order valence-electron chi connectivity index (χ1n) is 8.08. The molecular weight excluding hydrogens is 362 g/mol. The van der Waals surface area contributed by atoms with Crippen LogP contribution in [-0.2, 0) is 9.84 Å². The predicted molar refractivity (Wildman–Crippen MR) is 99.4 cm³/mol. The van der Waals surface area contributed by atoms with Gasteiger partial charge in [-0.25, -0.2) is 8.42 Å². The van der Waals surface area contributed by atoms with Crippen molar-refractivity contribution in [2.24, 2.45) is 0 Å². The van der Waals surface area contributed by atoms with Crippen molar-refractivity contribution in [1.82, 2.24) is 15.2 Å². The lowest BCUT2D eigenvalue weighted by Gasteiger charge is -2.27. The lowest BCUT2D eigenvalue weighted by atomic mass is 10.2. The monoisotopic (exact) mass is 381 g/mol. The first-order valence-corrected chi connectivity index (χ1v) is 10.3. The zero-order valence-corrected chi connectivity index (χ0v) is 15.7. The standard InChI is InChI=1S/C16H20ClN5O2S/c1-3-22(13-6-7-25(23,24)10-13)15-9-18-21-16(20-15)19-14-5-4-12(17)8-11(14)2/h4-5,8-9,13H,3,6-7,10H2,1-2H3,(H,19,20,21). The second-order valence-electron chi connectivity index (χ2n) is 6.07. The molecule has 1 aromatic carbocycles. The molecule has 0 saturated carbocycles. The van der Waals surface area contributed by atoms with Gasteiger partial charge in [0.05, 0.1) is 17.7 Å². The SMILES string of the molecule is CCN(c1cnnc(Nc2ccc(Cl)cc2C)n1)C1CCS(=O)(=O)C1. The predicted octanol–water partition coefficient (Wildman–Crippen LogP) is 2.59. The van der Waals surface area contributed by atoms with Gasteiger partial charge in [-0.15, -0.1) is 5.10 Å². The van der Waals surface area contributed by atoms with Crippen LogP contribution in [0.1, 0.15) is 18.9 Å². The van der Waals surface area contributed by atoms with Crippen molar-refractivity contribution in [2.75, 3.05) is 28.3 Å². The maximum atomic E-state index is 11.8. The Hall–Kier alpha value is -1.93. The molecule has 25 heavy (non-hydrogen) atoms. The number of halogens is 1. The highest BCUT2D eigenvalue weighted by molar-refractivity contribution is 7.91. The number of nitrogens with zero attached hydrogens (tertiary/aromatic N) is 4. The minimum atomic E-state index is -2.96. The van der Waals surface area contributed by atoms with Crippen LogP contribution < -0.4 is 10.2 Å². The van der Waals surface area contributed by atoms with Gasteiger partial charge in [-0.05, 0) is 44.0 Å². The summed E-state index contributed by atoms with van der Waals surface area (Å²) >= 11 is 5.97. The van der Waals surface area contributed by atoms with Crippen LogP contribution >= 0.6 is 11.6 Å². The smallest absolute Gasteiger partial charge is 0.249 e. The Morgan fingerprint density at radius 3 is 2.84 bits per heavy atom. The number of hydrogen-bond donors (Lipinski definition) is 1. The molecule has 0 spiro atoms. The topological polar surface area (TPSA) is 88.1 Å². The Labute approximate surface area is 152 Å². The first-order chi connectivity index (χ1) is 11.9. The van der Waals surface area contributed by atoms with Crippen molar-refractivity contribution in [3.05, 3.63) is 35.0 Å². The van der Waals surface area contributed by atoms with E-state index in [-0.39, 0.29) is 17.5 Å². The van der Waals surface area contributed by atoms with E-state index in [0.29, 0.717) is 29.8 Å². The minimum absolute atomic E-state index is 0.0724. The van der Waals surface area contributed by atoms with E-state index in [4.69, 9.17) is 11.6 Å². The van der Waals surface area contributed by atoms with E-state index in [1.807, 2.05) is 30.9 Å². The number of hydrogen-bond acceptors (Lipinski definition) is 7. The molecule has 1 N–H and O–H groups in total. The summed E-state index contributed by atoms with van der Waals surface area (Å²) in [5.74, 6) is 1.36. The van der Waals surface area contributed by atoms with Crippen molar-refractivity contribution in [2.45, 2.75) is 26.3 Å². The van der Waals surface area contributed by atoms with Gasteiger partial charge in [0.25, 0.3) is 0 Å². The van der Waals surface area contributed by atoms with E-state index < -0.39 is 9.84 Å². The van der Waals surface area contributed by atoms with Crippen molar-refractivity contribution in [1.29, 1.82) is 0 Å². The molecule has 0 radical (unpaired) electrons. The molecule has 2 aromatic rings. The maximum Gasteiger partial charge on any atom is 0.249 e. The van der Waals surface area contributed by atoms with E-state index in [0.717, 1.165) is 11.3 Å². The normalized spacial score (nSPS) is 18.9. The third-order valence-electron chi connectivity index (χ3n) is 4.27. The molecule has 1 aliphatic heterocycles. The van der Waals surface area contributed by atoms with Gasteiger partial charge in [-0.3, -0.25) is 0 Å². The minimum Gasteiger partial charge on any atom is -0.351 e. The lowest BCUT2D eigenvalue weighted by Crippen LogP contribution is -2.37. The fourth-order valence-corrected chi connectivity index (χ4v) is 4.96. The largest absolute Gasteiger partial charge is 0.351 e. The third kappa shape index (κ3) is 4.19. The number of rotatable bonds is 5. The van der Waals surface area contributed by atoms with Gasteiger partial charge in [0.1, 0.15) is 0 Å². The van der Waals surface area contributed by atoms with Crippen LogP contribution in [0.4, 0.5) is 17.5 Å². The van der Waals surface area contributed by atoms with Crippen LogP contribution in [0.5, 0.6) is 0 Å². The van der Waals surface area contributed by atoms with Crippen molar-refractivity contribution in [3.63, 3.8) is 0 Å². The molecule has 9 heteroatoms. The number of aromatic nitrogens is 3. The van der Waals surface area contributed by atoms with Gasteiger partial charge in [-0.2, -0.15) is 10.1 Å². The summed E-state index contributed by atoms with van der Waals surface area (Å²) < 4.78 is 23.5. The van der Waals surface area contributed by atoms with Gasteiger partial charge in [-0.1, -0.05) is 11.6 Å². The molecule has 1 saturated heterocycles. The highest BCUT2D eigenvalue weighted by Gasteiger charge is 2.32. The highest BCUT2D eigenvalue weighted by atomic mass is 35.5. The van der Waals surface area contributed by atoms with Crippen molar-refractivity contribution in [3.8, 4) is 0 Å². The molecule has 1 aliphatic rings. The number of nitrogens with one attached hydrogen (secondary N) is 1. The van der Waals surface area contributed by atoms with Crippen LogP contribution in [0.15, 0.2) is 24.4 Å². The average molecular weight is 382 g/mol.